The van der Waals surface area contributed by atoms with E-state index in [1.54, 1.807) is 4.57 Å². The molecule has 26 heavy (non-hydrogen) atoms. The second-order valence-corrected chi connectivity index (χ2v) is 8.41. The van der Waals surface area contributed by atoms with Crippen LogP contribution in [0, 0.1) is 0 Å². The van der Waals surface area contributed by atoms with E-state index in [1.165, 1.54) is 16.7 Å². The molecule has 0 bridgehead atoms. The number of thioether (sulfide) groups is 1. The molecule has 0 aliphatic rings. The number of fused-ring (bicyclic) bond motifs is 1. The van der Waals surface area contributed by atoms with Gasteiger partial charge in [0.25, 0.3) is 5.56 Å². The highest BCUT2D eigenvalue weighted by molar-refractivity contribution is 8.00. The monoisotopic (exact) mass is 377 g/mol. The van der Waals surface area contributed by atoms with Gasteiger partial charge < -0.3 is 10.2 Å². The average Bonchev–Trinajstić information content (AvgIpc) is 2.56. The van der Waals surface area contributed by atoms with Crippen LogP contribution in [-0.4, -0.2) is 47.4 Å². The van der Waals surface area contributed by atoms with Crippen molar-refractivity contribution in [1.29, 1.82) is 0 Å². The number of amides is 1. The number of hydrogen-bond acceptors (Lipinski definition) is 4. The zero-order valence-corrected chi connectivity index (χ0v) is 17.0. The van der Waals surface area contributed by atoms with Crippen molar-refractivity contribution >= 4 is 28.6 Å². The van der Waals surface area contributed by atoms with Crippen LogP contribution in [-0.2, 0) is 11.3 Å². The van der Waals surface area contributed by atoms with Gasteiger partial charge >= 0.3 is 0 Å². The first-order chi connectivity index (χ1) is 12.3. The van der Waals surface area contributed by atoms with Gasteiger partial charge in [0.1, 0.15) is 0 Å². The van der Waals surface area contributed by atoms with Crippen molar-refractivity contribution in [3.63, 3.8) is 0 Å². The van der Waals surface area contributed by atoms with E-state index < -0.39 is 0 Å². The van der Waals surface area contributed by atoms with Crippen molar-refractivity contribution in [2.45, 2.75) is 50.2 Å². The number of quaternary nitrogens is 1. The van der Waals surface area contributed by atoms with E-state index in [4.69, 9.17) is 0 Å². The number of nitrogens with zero attached hydrogens (tertiary/aromatic N) is 2. The topological polar surface area (TPSA) is 68.4 Å². The maximum absolute atomic E-state index is 13.0. The second kappa shape index (κ2) is 9.19. The smallest absolute Gasteiger partial charge is 0.262 e. The van der Waals surface area contributed by atoms with Gasteiger partial charge in [-0.05, 0) is 32.9 Å². The molecular weight excluding hydrogens is 348 g/mol. The van der Waals surface area contributed by atoms with E-state index in [2.05, 4.69) is 24.4 Å². The number of carbonyl (C=O) groups excluding carboxylic acids is 1. The Labute approximate surface area is 159 Å². The Kier molecular flexibility index (Phi) is 7.23. The minimum absolute atomic E-state index is 0.0386. The summed E-state index contributed by atoms with van der Waals surface area (Å²) in [5.41, 5.74) is 0.634. The van der Waals surface area contributed by atoms with Crippen LogP contribution >= 0.6 is 11.8 Å². The molecule has 2 aromatic rings. The fourth-order valence-electron chi connectivity index (χ4n) is 2.64. The first kappa shape index (κ1) is 20.5. The summed E-state index contributed by atoms with van der Waals surface area (Å²) in [6.07, 6.45) is 0.877. The Balaban J connectivity index is 2.35. The van der Waals surface area contributed by atoms with E-state index in [-0.39, 0.29) is 22.8 Å². The molecule has 6 nitrogen and oxygen atoms in total. The zero-order valence-electron chi connectivity index (χ0n) is 16.2. The van der Waals surface area contributed by atoms with Crippen molar-refractivity contribution in [3.8, 4) is 0 Å². The van der Waals surface area contributed by atoms with E-state index in [9.17, 15) is 9.59 Å². The summed E-state index contributed by atoms with van der Waals surface area (Å²) in [6, 6.07) is 7.46. The first-order valence-corrected chi connectivity index (χ1v) is 9.93. The summed E-state index contributed by atoms with van der Waals surface area (Å²) in [5.74, 6) is -0.0447. The number of hydrogen-bond donors (Lipinski definition) is 2. The van der Waals surface area contributed by atoms with Gasteiger partial charge in [-0.1, -0.05) is 23.9 Å². The predicted octanol–water partition coefficient (Wildman–Crippen LogP) is 0.936. The molecule has 1 amide bonds. The molecule has 0 saturated carbocycles. The van der Waals surface area contributed by atoms with E-state index >= 15 is 0 Å². The molecule has 0 fully saturated rings. The molecule has 0 radical (unpaired) electrons. The lowest BCUT2D eigenvalue weighted by molar-refractivity contribution is -0.858. The number of benzene rings is 1. The van der Waals surface area contributed by atoms with Gasteiger partial charge in [-0.15, -0.1) is 0 Å². The van der Waals surface area contributed by atoms with Crippen LogP contribution < -0.4 is 15.8 Å². The quantitative estimate of drug-likeness (QED) is 0.531. The minimum atomic E-state index is -0.323. The minimum Gasteiger partial charge on any atom is -0.353 e. The fraction of sp³-hybridized carbons (Fsp3) is 0.526. The van der Waals surface area contributed by atoms with Gasteiger partial charge in [0, 0.05) is 19.0 Å². The van der Waals surface area contributed by atoms with Crippen LogP contribution in [0.3, 0.4) is 0 Å². The van der Waals surface area contributed by atoms with Gasteiger partial charge in [0.05, 0.1) is 36.8 Å². The third kappa shape index (κ3) is 5.32. The van der Waals surface area contributed by atoms with Gasteiger partial charge in [-0.3, -0.25) is 14.2 Å². The molecular formula is C19H29N4O2S+. The van der Waals surface area contributed by atoms with Gasteiger partial charge in [0.2, 0.25) is 5.91 Å². The van der Waals surface area contributed by atoms with Crippen molar-refractivity contribution in [3.05, 3.63) is 34.6 Å². The SMILES string of the molecule is CC(C)NC(=O)[C@H](C)Sc1nc2ccccc2c(=O)n1CCC[NH+](C)C. The van der Waals surface area contributed by atoms with Crippen LogP contribution in [0.15, 0.2) is 34.2 Å². The number of para-hydroxylation sites is 1. The van der Waals surface area contributed by atoms with Gasteiger partial charge in [0.15, 0.2) is 5.16 Å². The Morgan fingerprint density at radius 3 is 2.62 bits per heavy atom. The number of nitrogens with one attached hydrogen (secondary N) is 2. The highest BCUT2D eigenvalue weighted by atomic mass is 32.2. The Morgan fingerprint density at radius 2 is 1.96 bits per heavy atom. The van der Waals surface area contributed by atoms with Crippen LogP contribution in [0.4, 0.5) is 0 Å². The molecule has 1 atom stereocenters. The van der Waals surface area contributed by atoms with Crippen LogP contribution in [0.2, 0.25) is 0 Å². The maximum atomic E-state index is 13.0. The number of aromatic nitrogens is 2. The molecule has 1 aromatic heterocycles. The van der Waals surface area contributed by atoms with E-state index in [0.717, 1.165) is 13.0 Å². The molecule has 7 heteroatoms. The van der Waals surface area contributed by atoms with E-state index in [0.29, 0.717) is 22.6 Å². The Bertz CT molecular complexity index is 817. The van der Waals surface area contributed by atoms with Crippen LogP contribution in [0.5, 0.6) is 0 Å². The Morgan fingerprint density at radius 1 is 1.27 bits per heavy atom. The van der Waals surface area contributed by atoms with Gasteiger partial charge in [-0.25, -0.2) is 4.98 Å². The molecule has 0 unspecified atom stereocenters. The third-order valence-corrected chi connectivity index (χ3v) is 5.06. The Hall–Kier alpha value is -1.86. The number of carbonyl (C=O) groups is 1. The lowest BCUT2D eigenvalue weighted by Gasteiger charge is -2.17. The van der Waals surface area contributed by atoms with Crippen molar-refractivity contribution in [2.75, 3.05) is 20.6 Å². The average molecular weight is 378 g/mol. The van der Waals surface area contributed by atoms with Crippen molar-refractivity contribution in [1.82, 2.24) is 14.9 Å². The lowest BCUT2D eigenvalue weighted by atomic mass is 10.2. The third-order valence-electron chi connectivity index (χ3n) is 3.97. The zero-order chi connectivity index (χ0) is 19.3. The molecule has 142 valence electrons. The molecule has 2 N–H and O–H groups in total. The molecule has 1 aromatic carbocycles. The molecule has 0 aliphatic heterocycles. The molecule has 1 heterocycles. The molecule has 0 spiro atoms. The predicted molar refractivity (Wildman–Crippen MR) is 107 cm³/mol. The summed E-state index contributed by atoms with van der Waals surface area (Å²) in [6.45, 7) is 7.28. The largest absolute Gasteiger partial charge is 0.353 e. The fourth-order valence-corrected chi connectivity index (χ4v) is 3.58. The van der Waals surface area contributed by atoms with E-state index in [1.807, 2.05) is 45.0 Å². The summed E-state index contributed by atoms with van der Waals surface area (Å²) in [4.78, 5) is 31.2. The van der Waals surface area contributed by atoms with Crippen LogP contribution in [0.25, 0.3) is 10.9 Å². The van der Waals surface area contributed by atoms with Crippen molar-refractivity contribution in [2.24, 2.45) is 0 Å². The standard InChI is InChI=1S/C19H28N4O2S/c1-13(2)20-17(24)14(3)26-19-21-16-10-7-6-9-15(16)18(25)23(19)12-8-11-22(4)5/h6-7,9-10,13-14H,8,11-12H2,1-5H3,(H,20,24)/p+1/t14-/m0/s1. The summed E-state index contributed by atoms with van der Waals surface area (Å²) in [5, 5.41) is 3.82. The maximum Gasteiger partial charge on any atom is 0.262 e. The first-order valence-electron chi connectivity index (χ1n) is 9.05. The van der Waals surface area contributed by atoms with Gasteiger partial charge in [-0.2, -0.15) is 0 Å². The molecule has 0 aliphatic carbocycles. The molecule has 2 rings (SSSR count). The summed E-state index contributed by atoms with van der Waals surface area (Å²) >= 11 is 1.34. The van der Waals surface area contributed by atoms with Crippen LogP contribution in [0.1, 0.15) is 27.2 Å². The summed E-state index contributed by atoms with van der Waals surface area (Å²) < 4.78 is 1.72. The highest BCUT2D eigenvalue weighted by Crippen LogP contribution is 2.23. The lowest BCUT2D eigenvalue weighted by Crippen LogP contribution is -3.05. The highest BCUT2D eigenvalue weighted by Gasteiger charge is 2.19. The number of rotatable bonds is 8. The molecule has 0 saturated heterocycles. The van der Waals surface area contributed by atoms with Crippen molar-refractivity contribution < 1.29 is 9.69 Å². The second-order valence-electron chi connectivity index (χ2n) is 7.10. The summed E-state index contributed by atoms with van der Waals surface area (Å²) in [7, 11) is 4.19. The normalized spacial score (nSPS) is 12.7.